The lowest BCUT2D eigenvalue weighted by Gasteiger charge is -2.05. The Morgan fingerprint density at radius 2 is 1.68 bits per heavy atom. The smallest absolute Gasteiger partial charge is 0.0775 e. The Morgan fingerprint density at radius 3 is 2.47 bits per heavy atom. The fraction of sp³-hybridized carbons (Fsp3) is 0. The Balaban J connectivity index is 1.85. The van der Waals surface area contributed by atoms with E-state index in [0.717, 1.165) is 17.1 Å². The van der Waals surface area contributed by atoms with Gasteiger partial charge in [-0.15, -0.1) is 0 Å². The zero-order valence-corrected chi connectivity index (χ0v) is 10.9. The highest BCUT2D eigenvalue weighted by Gasteiger charge is 2.03. The number of anilines is 2. The molecule has 0 saturated heterocycles. The first-order chi connectivity index (χ1) is 9.33. The van der Waals surface area contributed by atoms with Crippen molar-refractivity contribution in [2.24, 2.45) is 0 Å². The second-order valence-electron chi connectivity index (χ2n) is 4.11. The van der Waals surface area contributed by atoms with Crippen molar-refractivity contribution >= 4 is 23.0 Å². The van der Waals surface area contributed by atoms with Crippen molar-refractivity contribution in [3.63, 3.8) is 0 Å². The number of aromatic nitrogens is 2. The molecule has 0 radical (unpaired) electrons. The van der Waals surface area contributed by atoms with Gasteiger partial charge in [-0.3, -0.25) is 0 Å². The second-order valence-corrected chi connectivity index (χ2v) is 4.52. The molecule has 1 aromatic heterocycles. The summed E-state index contributed by atoms with van der Waals surface area (Å²) in [5.41, 5.74) is 2.79. The maximum absolute atomic E-state index is 6.11. The minimum Gasteiger partial charge on any atom is -0.352 e. The highest BCUT2D eigenvalue weighted by molar-refractivity contribution is 6.33. The first-order valence-corrected chi connectivity index (χ1v) is 6.32. The highest BCUT2D eigenvalue weighted by Crippen LogP contribution is 2.24. The van der Waals surface area contributed by atoms with E-state index in [1.807, 2.05) is 65.5 Å². The summed E-state index contributed by atoms with van der Waals surface area (Å²) >= 11 is 6.11. The molecule has 0 saturated carbocycles. The van der Waals surface area contributed by atoms with Crippen LogP contribution in [0.15, 0.2) is 67.0 Å². The number of hydrogen-bond donors (Lipinski definition) is 1. The maximum Gasteiger partial charge on any atom is 0.0775 e. The molecule has 1 heterocycles. The van der Waals surface area contributed by atoms with E-state index in [0.29, 0.717) is 5.02 Å². The summed E-state index contributed by atoms with van der Waals surface area (Å²) in [4.78, 5) is 0. The molecule has 3 nitrogen and oxygen atoms in total. The quantitative estimate of drug-likeness (QED) is 0.769. The van der Waals surface area contributed by atoms with Crippen molar-refractivity contribution < 1.29 is 0 Å². The van der Waals surface area contributed by atoms with E-state index in [9.17, 15) is 0 Å². The Morgan fingerprint density at radius 1 is 0.947 bits per heavy atom. The summed E-state index contributed by atoms with van der Waals surface area (Å²) in [5, 5.41) is 8.26. The Kier molecular flexibility index (Phi) is 3.21. The lowest BCUT2D eigenvalue weighted by atomic mass is 10.3. The molecule has 0 spiro atoms. The first-order valence-electron chi connectivity index (χ1n) is 5.94. The SMILES string of the molecule is Clc1ccccc1Nc1cnn(-c2ccccc2)c1. The molecule has 0 bridgehead atoms. The first kappa shape index (κ1) is 11.8. The van der Waals surface area contributed by atoms with Crippen molar-refractivity contribution in [3.05, 3.63) is 72.0 Å². The third-order valence-corrected chi connectivity index (χ3v) is 3.09. The van der Waals surface area contributed by atoms with Crippen LogP contribution in [0.4, 0.5) is 11.4 Å². The van der Waals surface area contributed by atoms with Crippen molar-refractivity contribution in [2.45, 2.75) is 0 Å². The van der Waals surface area contributed by atoms with Crippen LogP contribution in [-0.2, 0) is 0 Å². The molecule has 0 aliphatic heterocycles. The van der Waals surface area contributed by atoms with Gasteiger partial charge in [0, 0.05) is 0 Å². The topological polar surface area (TPSA) is 29.9 Å². The van der Waals surface area contributed by atoms with Gasteiger partial charge >= 0.3 is 0 Å². The summed E-state index contributed by atoms with van der Waals surface area (Å²) in [6.45, 7) is 0. The van der Waals surface area contributed by atoms with Crippen LogP contribution in [0, 0.1) is 0 Å². The highest BCUT2D eigenvalue weighted by atomic mass is 35.5. The molecule has 0 atom stereocenters. The van der Waals surface area contributed by atoms with Gasteiger partial charge in [0.15, 0.2) is 0 Å². The maximum atomic E-state index is 6.11. The second kappa shape index (κ2) is 5.16. The number of nitrogens with zero attached hydrogens (tertiary/aromatic N) is 2. The molecular weight excluding hydrogens is 258 g/mol. The van der Waals surface area contributed by atoms with Gasteiger partial charge in [-0.1, -0.05) is 41.9 Å². The van der Waals surface area contributed by atoms with Crippen LogP contribution < -0.4 is 5.32 Å². The molecular formula is C15H12ClN3. The van der Waals surface area contributed by atoms with Crippen LogP contribution in [0.1, 0.15) is 0 Å². The molecule has 4 heteroatoms. The predicted octanol–water partition coefficient (Wildman–Crippen LogP) is 4.27. The lowest BCUT2D eigenvalue weighted by molar-refractivity contribution is 0.881. The van der Waals surface area contributed by atoms with E-state index in [1.54, 1.807) is 6.20 Å². The number of halogens is 1. The fourth-order valence-corrected chi connectivity index (χ4v) is 2.01. The van der Waals surface area contributed by atoms with Crippen LogP contribution in [0.3, 0.4) is 0 Å². The summed E-state index contributed by atoms with van der Waals surface area (Å²) in [7, 11) is 0. The molecule has 94 valence electrons. The molecule has 0 amide bonds. The van der Waals surface area contributed by atoms with Crippen molar-refractivity contribution in [1.82, 2.24) is 9.78 Å². The van der Waals surface area contributed by atoms with Crippen molar-refractivity contribution in [3.8, 4) is 5.69 Å². The van der Waals surface area contributed by atoms with Gasteiger partial charge in [0.25, 0.3) is 0 Å². The molecule has 0 aliphatic rings. The van der Waals surface area contributed by atoms with Crippen LogP contribution in [0.5, 0.6) is 0 Å². The minimum absolute atomic E-state index is 0.690. The van der Waals surface area contributed by atoms with Crippen LogP contribution in [0.2, 0.25) is 5.02 Å². The van der Waals surface area contributed by atoms with E-state index in [1.165, 1.54) is 0 Å². The Bertz CT molecular complexity index is 677. The number of para-hydroxylation sites is 2. The summed E-state index contributed by atoms with van der Waals surface area (Å²) in [5.74, 6) is 0. The fourth-order valence-electron chi connectivity index (χ4n) is 1.83. The number of nitrogens with one attached hydrogen (secondary N) is 1. The molecule has 3 rings (SSSR count). The van der Waals surface area contributed by atoms with Crippen LogP contribution >= 0.6 is 11.6 Å². The third-order valence-electron chi connectivity index (χ3n) is 2.76. The van der Waals surface area contributed by atoms with Gasteiger partial charge in [0.05, 0.1) is 34.5 Å². The Labute approximate surface area is 116 Å². The zero-order valence-electron chi connectivity index (χ0n) is 10.1. The van der Waals surface area contributed by atoms with E-state index in [4.69, 9.17) is 11.6 Å². The van der Waals surface area contributed by atoms with Crippen LogP contribution in [-0.4, -0.2) is 9.78 Å². The van der Waals surface area contributed by atoms with E-state index in [-0.39, 0.29) is 0 Å². The van der Waals surface area contributed by atoms with Gasteiger partial charge in [-0.05, 0) is 24.3 Å². The average molecular weight is 270 g/mol. The normalized spacial score (nSPS) is 10.4. The molecule has 1 N–H and O–H groups in total. The standard InChI is InChI=1S/C15H12ClN3/c16-14-8-4-5-9-15(14)18-12-10-17-19(11-12)13-6-2-1-3-7-13/h1-11,18H. The third kappa shape index (κ3) is 2.61. The molecule has 19 heavy (non-hydrogen) atoms. The largest absolute Gasteiger partial charge is 0.352 e. The van der Waals surface area contributed by atoms with Crippen molar-refractivity contribution in [1.29, 1.82) is 0 Å². The number of benzene rings is 2. The predicted molar refractivity (Wildman–Crippen MR) is 78.3 cm³/mol. The Hall–Kier alpha value is -2.26. The van der Waals surface area contributed by atoms with E-state index >= 15 is 0 Å². The van der Waals surface area contributed by atoms with Gasteiger partial charge < -0.3 is 5.32 Å². The molecule has 0 fully saturated rings. The summed E-state index contributed by atoms with van der Waals surface area (Å²) in [6.07, 6.45) is 3.70. The van der Waals surface area contributed by atoms with E-state index in [2.05, 4.69) is 10.4 Å². The zero-order chi connectivity index (χ0) is 13.1. The minimum atomic E-state index is 0.690. The van der Waals surface area contributed by atoms with Gasteiger partial charge in [-0.2, -0.15) is 5.10 Å². The molecule has 0 aliphatic carbocycles. The molecule has 0 unspecified atom stereocenters. The van der Waals surface area contributed by atoms with Crippen LogP contribution in [0.25, 0.3) is 5.69 Å². The average Bonchev–Trinajstić information content (AvgIpc) is 2.91. The molecule has 3 aromatic rings. The monoisotopic (exact) mass is 269 g/mol. The summed E-state index contributed by atoms with van der Waals surface area (Å²) in [6, 6.07) is 17.6. The number of hydrogen-bond acceptors (Lipinski definition) is 2. The van der Waals surface area contributed by atoms with Gasteiger partial charge in [0.1, 0.15) is 0 Å². The summed E-state index contributed by atoms with van der Waals surface area (Å²) < 4.78 is 1.82. The van der Waals surface area contributed by atoms with Gasteiger partial charge in [-0.25, -0.2) is 4.68 Å². The van der Waals surface area contributed by atoms with E-state index < -0.39 is 0 Å². The number of rotatable bonds is 3. The lowest BCUT2D eigenvalue weighted by Crippen LogP contribution is -1.93. The van der Waals surface area contributed by atoms with Crippen molar-refractivity contribution in [2.75, 3.05) is 5.32 Å². The van der Waals surface area contributed by atoms with Gasteiger partial charge in [0.2, 0.25) is 0 Å². The molecule has 2 aromatic carbocycles.